The molecule has 0 aromatic heterocycles. The fraction of sp³-hybridized carbons (Fsp3) is 0.0769. The van der Waals surface area contributed by atoms with Gasteiger partial charge in [-0.1, -0.05) is 52.3 Å². The maximum Gasteiger partial charge on any atom is 0.0480 e. The molecule has 0 saturated carbocycles. The Labute approximate surface area is 103 Å². The van der Waals surface area contributed by atoms with E-state index < -0.39 is 0 Å². The molecule has 0 atom stereocenters. The third-order valence-electron chi connectivity index (χ3n) is 2.30. The van der Waals surface area contributed by atoms with Gasteiger partial charge in [0, 0.05) is 10.4 Å². The summed E-state index contributed by atoms with van der Waals surface area (Å²) in [5.74, 6) is 0.544. The Kier molecular flexibility index (Phi) is 3.45. The second kappa shape index (κ2) is 4.82. The highest BCUT2D eigenvalue weighted by Crippen LogP contribution is 2.26. The standard InChI is InChI=1S/C13H10BrCl/c14-12-6-3-5-10(8-12)13-7-2-1-4-11(13)9-15/h1-8H,9H2. The molecule has 0 saturated heterocycles. The lowest BCUT2D eigenvalue weighted by Gasteiger charge is -2.07. The molecule has 0 nitrogen and oxygen atoms in total. The first-order chi connectivity index (χ1) is 7.31. The van der Waals surface area contributed by atoms with E-state index in [0.717, 1.165) is 10.0 Å². The van der Waals surface area contributed by atoms with E-state index in [2.05, 4.69) is 40.2 Å². The van der Waals surface area contributed by atoms with E-state index >= 15 is 0 Å². The molecule has 0 fully saturated rings. The number of hydrogen-bond donors (Lipinski definition) is 0. The van der Waals surface area contributed by atoms with Gasteiger partial charge in [-0.15, -0.1) is 11.6 Å². The SMILES string of the molecule is ClCc1ccccc1-c1cccc(Br)c1. The highest BCUT2D eigenvalue weighted by molar-refractivity contribution is 9.10. The second-order valence-corrected chi connectivity index (χ2v) is 4.48. The monoisotopic (exact) mass is 280 g/mol. The van der Waals surface area contributed by atoms with Crippen molar-refractivity contribution in [3.8, 4) is 11.1 Å². The number of benzene rings is 2. The van der Waals surface area contributed by atoms with Gasteiger partial charge in [0.2, 0.25) is 0 Å². The zero-order valence-corrected chi connectivity index (χ0v) is 10.4. The molecular weight excluding hydrogens is 271 g/mol. The minimum absolute atomic E-state index is 0.544. The molecule has 0 unspecified atom stereocenters. The summed E-state index contributed by atoms with van der Waals surface area (Å²) in [6, 6.07) is 16.5. The van der Waals surface area contributed by atoms with Crippen LogP contribution in [0.1, 0.15) is 5.56 Å². The van der Waals surface area contributed by atoms with Gasteiger partial charge in [-0.05, 0) is 28.8 Å². The minimum Gasteiger partial charge on any atom is -0.122 e. The first kappa shape index (κ1) is 10.7. The Morgan fingerprint density at radius 3 is 2.53 bits per heavy atom. The first-order valence-corrected chi connectivity index (χ1v) is 6.04. The molecule has 15 heavy (non-hydrogen) atoms. The van der Waals surface area contributed by atoms with Gasteiger partial charge in [0.15, 0.2) is 0 Å². The van der Waals surface area contributed by atoms with Crippen LogP contribution in [0.4, 0.5) is 0 Å². The summed E-state index contributed by atoms with van der Waals surface area (Å²) in [7, 11) is 0. The Balaban J connectivity index is 2.53. The van der Waals surface area contributed by atoms with Gasteiger partial charge in [0.05, 0.1) is 0 Å². The number of alkyl halides is 1. The van der Waals surface area contributed by atoms with Crippen LogP contribution in [0.5, 0.6) is 0 Å². The first-order valence-electron chi connectivity index (χ1n) is 4.71. The summed E-state index contributed by atoms with van der Waals surface area (Å²) in [6.07, 6.45) is 0. The largest absolute Gasteiger partial charge is 0.122 e. The van der Waals surface area contributed by atoms with Crippen LogP contribution >= 0.6 is 27.5 Å². The van der Waals surface area contributed by atoms with Crippen LogP contribution in [0.15, 0.2) is 53.0 Å². The van der Waals surface area contributed by atoms with Crippen molar-refractivity contribution in [2.75, 3.05) is 0 Å². The third-order valence-corrected chi connectivity index (χ3v) is 3.08. The summed E-state index contributed by atoms with van der Waals surface area (Å²) in [5, 5.41) is 0. The summed E-state index contributed by atoms with van der Waals surface area (Å²) >= 11 is 9.38. The van der Waals surface area contributed by atoms with Crippen LogP contribution in [0, 0.1) is 0 Å². The van der Waals surface area contributed by atoms with Crippen LogP contribution in [-0.4, -0.2) is 0 Å². The molecule has 76 valence electrons. The highest BCUT2D eigenvalue weighted by Gasteiger charge is 2.03. The molecule has 2 heteroatoms. The van der Waals surface area contributed by atoms with Gasteiger partial charge in [-0.3, -0.25) is 0 Å². The average Bonchev–Trinajstić information content (AvgIpc) is 2.29. The van der Waals surface area contributed by atoms with Gasteiger partial charge in [-0.2, -0.15) is 0 Å². The van der Waals surface area contributed by atoms with Gasteiger partial charge in [0.1, 0.15) is 0 Å². The predicted octanol–water partition coefficient (Wildman–Crippen LogP) is 4.85. The Hall–Kier alpha value is -0.790. The van der Waals surface area contributed by atoms with Crippen molar-refractivity contribution < 1.29 is 0 Å². The van der Waals surface area contributed by atoms with Crippen molar-refractivity contribution in [3.63, 3.8) is 0 Å². The third kappa shape index (κ3) is 2.42. The molecule has 2 aromatic rings. The van der Waals surface area contributed by atoms with Crippen LogP contribution in [0.2, 0.25) is 0 Å². The summed E-state index contributed by atoms with van der Waals surface area (Å²) < 4.78 is 1.09. The molecule has 0 aliphatic heterocycles. The van der Waals surface area contributed by atoms with Crippen molar-refractivity contribution in [2.24, 2.45) is 0 Å². The Morgan fingerprint density at radius 2 is 1.80 bits per heavy atom. The Morgan fingerprint density at radius 1 is 1.00 bits per heavy atom. The van der Waals surface area contributed by atoms with E-state index in [1.165, 1.54) is 11.1 Å². The van der Waals surface area contributed by atoms with Crippen LogP contribution in [0.25, 0.3) is 11.1 Å². The number of halogens is 2. The van der Waals surface area contributed by atoms with E-state index in [-0.39, 0.29) is 0 Å². The summed E-state index contributed by atoms with van der Waals surface area (Å²) in [4.78, 5) is 0. The van der Waals surface area contributed by atoms with E-state index in [1.54, 1.807) is 0 Å². The van der Waals surface area contributed by atoms with Crippen LogP contribution in [-0.2, 0) is 5.88 Å². The van der Waals surface area contributed by atoms with E-state index in [1.807, 2.05) is 24.3 Å². The Bertz CT molecular complexity index is 466. The van der Waals surface area contributed by atoms with Gasteiger partial charge < -0.3 is 0 Å². The molecule has 0 aliphatic carbocycles. The molecule has 2 aromatic carbocycles. The highest BCUT2D eigenvalue weighted by atomic mass is 79.9. The van der Waals surface area contributed by atoms with Crippen LogP contribution in [0.3, 0.4) is 0 Å². The van der Waals surface area contributed by atoms with Crippen molar-refractivity contribution >= 4 is 27.5 Å². The molecule has 0 heterocycles. The van der Waals surface area contributed by atoms with Crippen molar-refractivity contribution in [1.29, 1.82) is 0 Å². The predicted molar refractivity (Wildman–Crippen MR) is 69.1 cm³/mol. The molecule has 0 bridgehead atoms. The molecule has 0 amide bonds. The van der Waals surface area contributed by atoms with Gasteiger partial charge in [0.25, 0.3) is 0 Å². The fourth-order valence-corrected chi connectivity index (χ4v) is 2.21. The molecule has 0 radical (unpaired) electrons. The molecule has 0 spiro atoms. The summed E-state index contributed by atoms with van der Waals surface area (Å²) in [6.45, 7) is 0. The zero-order valence-electron chi connectivity index (χ0n) is 8.08. The van der Waals surface area contributed by atoms with Crippen molar-refractivity contribution in [2.45, 2.75) is 5.88 Å². The van der Waals surface area contributed by atoms with E-state index in [0.29, 0.717) is 5.88 Å². The number of rotatable bonds is 2. The average molecular weight is 282 g/mol. The molecule has 0 N–H and O–H groups in total. The smallest absolute Gasteiger partial charge is 0.0480 e. The molecular formula is C13H10BrCl. The molecule has 0 aliphatic rings. The van der Waals surface area contributed by atoms with E-state index in [4.69, 9.17) is 11.6 Å². The maximum absolute atomic E-state index is 5.91. The summed E-state index contributed by atoms with van der Waals surface area (Å²) in [5.41, 5.74) is 3.56. The van der Waals surface area contributed by atoms with Crippen molar-refractivity contribution in [3.05, 3.63) is 58.6 Å². The normalized spacial score (nSPS) is 10.3. The minimum atomic E-state index is 0.544. The number of hydrogen-bond acceptors (Lipinski definition) is 0. The lowest BCUT2D eigenvalue weighted by Crippen LogP contribution is -1.85. The zero-order chi connectivity index (χ0) is 10.7. The second-order valence-electron chi connectivity index (χ2n) is 3.30. The van der Waals surface area contributed by atoms with Gasteiger partial charge in [-0.25, -0.2) is 0 Å². The van der Waals surface area contributed by atoms with Crippen LogP contribution < -0.4 is 0 Å². The molecule has 2 rings (SSSR count). The van der Waals surface area contributed by atoms with Gasteiger partial charge >= 0.3 is 0 Å². The maximum atomic E-state index is 5.91. The quantitative estimate of drug-likeness (QED) is 0.690. The fourth-order valence-electron chi connectivity index (χ4n) is 1.57. The lowest BCUT2D eigenvalue weighted by atomic mass is 10.0. The lowest BCUT2D eigenvalue weighted by molar-refractivity contribution is 1.39. The van der Waals surface area contributed by atoms with Crippen molar-refractivity contribution in [1.82, 2.24) is 0 Å². The van der Waals surface area contributed by atoms with E-state index in [9.17, 15) is 0 Å². The topological polar surface area (TPSA) is 0 Å².